The minimum absolute atomic E-state index is 0.315. The Morgan fingerprint density at radius 2 is 1.93 bits per heavy atom. The number of halogens is 1. The fraction of sp³-hybridized carbons (Fsp3) is 0. The van der Waals surface area contributed by atoms with Crippen molar-refractivity contribution in [1.29, 1.82) is 0 Å². The topological polar surface area (TPSA) is 46.9 Å². The van der Waals surface area contributed by atoms with E-state index in [-0.39, 0.29) is 11.7 Å². The van der Waals surface area contributed by atoms with Crippen LogP contribution in [0.1, 0.15) is 20.9 Å². The van der Waals surface area contributed by atoms with Crippen molar-refractivity contribution in [3.8, 4) is 17.5 Å². The van der Waals surface area contributed by atoms with Gasteiger partial charge in [0.05, 0.1) is 17.4 Å². The van der Waals surface area contributed by atoms with E-state index in [0.29, 0.717) is 17.1 Å². The molecule has 0 bridgehead atoms. The van der Waals surface area contributed by atoms with E-state index in [2.05, 4.69) is 22.1 Å². The molecule has 28 heavy (non-hydrogen) atoms. The van der Waals surface area contributed by atoms with E-state index in [0.717, 1.165) is 10.4 Å². The zero-order valence-electron chi connectivity index (χ0n) is 14.6. The highest BCUT2D eigenvalue weighted by molar-refractivity contribution is 7.10. The number of nitrogens with one attached hydrogen (secondary N) is 1. The maximum absolute atomic E-state index is 13.2. The lowest BCUT2D eigenvalue weighted by atomic mass is 10.2. The highest BCUT2D eigenvalue weighted by atomic mass is 32.1. The van der Waals surface area contributed by atoms with Gasteiger partial charge in [0.1, 0.15) is 11.5 Å². The number of carbonyl (C=O) groups is 1. The van der Waals surface area contributed by atoms with Gasteiger partial charge in [0, 0.05) is 16.9 Å². The van der Waals surface area contributed by atoms with Gasteiger partial charge in [-0.05, 0) is 53.9 Å². The van der Waals surface area contributed by atoms with E-state index >= 15 is 0 Å². The van der Waals surface area contributed by atoms with Crippen molar-refractivity contribution >= 4 is 22.9 Å². The summed E-state index contributed by atoms with van der Waals surface area (Å²) in [5.74, 6) is 5.54. The summed E-state index contributed by atoms with van der Waals surface area (Å²) in [6.07, 6.45) is 2.99. The number of hydrogen-bond donors (Lipinski definition) is 1. The summed E-state index contributed by atoms with van der Waals surface area (Å²) in [5.41, 5.74) is 2.44. The number of aromatic nitrogens is 2. The first-order valence-corrected chi connectivity index (χ1v) is 9.32. The lowest BCUT2D eigenvalue weighted by molar-refractivity contribution is 0.102. The van der Waals surface area contributed by atoms with E-state index in [4.69, 9.17) is 0 Å². The average Bonchev–Trinajstić information content (AvgIpc) is 3.39. The maximum atomic E-state index is 13.2. The van der Waals surface area contributed by atoms with Crippen LogP contribution < -0.4 is 5.32 Å². The molecule has 0 atom stereocenters. The molecule has 0 unspecified atom stereocenters. The number of imidazole rings is 1. The van der Waals surface area contributed by atoms with Crippen molar-refractivity contribution in [3.63, 3.8) is 0 Å². The molecule has 0 aliphatic rings. The molecule has 0 saturated heterocycles. The summed E-state index contributed by atoms with van der Waals surface area (Å²) < 4.78 is 14.8. The molecule has 4 nitrogen and oxygen atoms in total. The Morgan fingerprint density at radius 1 is 1.07 bits per heavy atom. The van der Waals surface area contributed by atoms with Gasteiger partial charge in [-0.1, -0.05) is 24.0 Å². The average molecular weight is 387 g/mol. The number of thiophene rings is 1. The Kier molecular flexibility index (Phi) is 5.00. The van der Waals surface area contributed by atoms with Crippen LogP contribution in [0.25, 0.3) is 5.69 Å². The van der Waals surface area contributed by atoms with E-state index < -0.39 is 0 Å². The van der Waals surface area contributed by atoms with Gasteiger partial charge >= 0.3 is 0 Å². The molecule has 0 aliphatic heterocycles. The minimum atomic E-state index is -0.338. The van der Waals surface area contributed by atoms with E-state index in [1.165, 1.54) is 24.7 Å². The number of carbonyl (C=O) groups excluding carboxylic acids is 1. The molecule has 0 spiro atoms. The molecule has 136 valence electrons. The van der Waals surface area contributed by atoms with Crippen LogP contribution in [-0.4, -0.2) is 15.5 Å². The highest BCUT2D eigenvalue weighted by Gasteiger charge is 2.13. The van der Waals surface area contributed by atoms with Gasteiger partial charge in [-0.15, -0.1) is 11.3 Å². The van der Waals surface area contributed by atoms with Crippen LogP contribution >= 0.6 is 11.3 Å². The molecule has 6 heteroatoms. The molecule has 2 heterocycles. The van der Waals surface area contributed by atoms with Gasteiger partial charge in [0.15, 0.2) is 0 Å². The summed E-state index contributed by atoms with van der Waals surface area (Å²) in [6, 6.07) is 17.1. The van der Waals surface area contributed by atoms with Crippen molar-refractivity contribution in [3.05, 3.63) is 101 Å². The minimum Gasteiger partial charge on any atom is -0.321 e. The third-order valence-electron chi connectivity index (χ3n) is 3.95. The number of anilines is 1. The van der Waals surface area contributed by atoms with Crippen LogP contribution in [0.3, 0.4) is 0 Å². The lowest BCUT2D eigenvalue weighted by Gasteiger charge is -2.09. The SMILES string of the molecule is O=C(Nc1cccc(C#Cc2cccs2)c1)c1cncn1-c1ccc(F)cc1. The number of benzene rings is 2. The Balaban J connectivity index is 1.54. The Bertz CT molecular complexity index is 1170. The first-order chi connectivity index (χ1) is 13.7. The van der Waals surface area contributed by atoms with Crippen LogP contribution in [0.4, 0.5) is 10.1 Å². The maximum Gasteiger partial charge on any atom is 0.274 e. The third-order valence-corrected chi connectivity index (χ3v) is 4.73. The molecule has 0 saturated carbocycles. The molecule has 2 aromatic heterocycles. The number of amides is 1. The predicted molar refractivity (Wildman–Crippen MR) is 108 cm³/mol. The van der Waals surface area contributed by atoms with Gasteiger partial charge in [-0.25, -0.2) is 9.37 Å². The monoisotopic (exact) mass is 387 g/mol. The summed E-state index contributed by atoms with van der Waals surface area (Å²) in [4.78, 5) is 17.7. The number of hydrogen-bond acceptors (Lipinski definition) is 3. The molecule has 1 N–H and O–H groups in total. The van der Waals surface area contributed by atoms with Crippen molar-refractivity contribution in [2.75, 3.05) is 5.32 Å². The third kappa shape index (κ3) is 4.00. The zero-order chi connectivity index (χ0) is 19.3. The second-order valence-corrected chi connectivity index (χ2v) is 6.84. The molecule has 0 radical (unpaired) electrons. The fourth-order valence-electron chi connectivity index (χ4n) is 2.62. The van der Waals surface area contributed by atoms with Crippen molar-refractivity contribution in [1.82, 2.24) is 9.55 Å². The van der Waals surface area contributed by atoms with Crippen LogP contribution in [-0.2, 0) is 0 Å². The second-order valence-electron chi connectivity index (χ2n) is 5.89. The summed E-state index contributed by atoms with van der Waals surface area (Å²) in [7, 11) is 0. The fourth-order valence-corrected chi connectivity index (χ4v) is 3.19. The first-order valence-electron chi connectivity index (χ1n) is 8.44. The van der Waals surface area contributed by atoms with Crippen molar-refractivity contribution < 1.29 is 9.18 Å². The Hall–Kier alpha value is -3.69. The lowest BCUT2D eigenvalue weighted by Crippen LogP contribution is -2.16. The molecule has 4 rings (SSSR count). The summed E-state index contributed by atoms with van der Waals surface area (Å²) in [5, 5.41) is 4.84. The molecule has 0 aliphatic carbocycles. The molecule has 1 amide bonds. The first kappa shape index (κ1) is 17.7. The van der Waals surface area contributed by atoms with Crippen LogP contribution in [0.2, 0.25) is 0 Å². The molecule has 0 fully saturated rings. The van der Waals surface area contributed by atoms with Crippen molar-refractivity contribution in [2.45, 2.75) is 0 Å². The van der Waals surface area contributed by atoms with Gasteiger partial charge < -0.3 is 5.32 Å². The number of nitrogens with zero attached hydrogens (tertiary/aromatic N) is 2. The molecule has 2 aromatic carbocycles. The van der Waals surface area contributed by atoms with Gasteiger partial charge in [0.2, 0.25) is 0 Å². The standard InChI is InChI=1S/C22H14FN3OS/c23-17-7-9-19(10-8-17)26-15-24-14-21(26)22(27)25-18-4-1-3-16(13-18)6-11-20-5-2-12-28-20/h1-5,7-10,12-15H,(H,25,27). The van der Waals surface area contributed by atoms with Gasteiger partial charge in [-0.2, -0.15) is 0 Å². The van der Waals surface area contributed by atoms with E-state index in [9.17, 15) is 9.18 Å². The van der Waals surface area contributed by atoms with E-state index in [1.807, 2.05) is 35.7 Å². The largest absolute Gasteiger partial charge is 0.321 e. The zero-order valence-corrected chi connectivity index (χ0v) is 15.4. The van der Waals surface area contributed by atoms with Crippen molar-refractivity contribution in [2.24, 2.45) is 0 Å². The highest BCUT2D eigenvalue weighted by Crippen LogP contribution is 2.16. The molecular formula is C22H14FN3OS. The summed E-state index contributed by atoms with van der Waals surface area (Å²) >= 11 is 1.58. The summed E-state index contributed by atoms with van der Waals surface area (Å²) in [6.45, 7) is 0. The molecule has 4 aromatic rings. The van der Waals surface area contributed by atoms with Crippen LogP contribution in [0, 0.1) is 17.7 Å². The quantitative estimate of drug-likeness (QED) is 0.517. The second kappa shape index (κ2) is 7.91. The predicted octanol–water partition coefficient (Wildman–Crippen LogP) is 4.73. The molecular weight excluding hydrogens is 373 g/mol. The van der Waals surface area contributed by atoms with Gasteiger partial charge in [0.25, 0.3) is 5.91 Å². The van der Waals surface area contributed by atoms with Crippen LogP contribution in [0.5, 0.6) is 0 Å². The Morgan fingerprint density at radius 3 is 2.71 bits per heavy atom. The van der Waals surface area contributed by atoms with Crippen LogP contribution in [0.15, 0.2) is 78.6 Å². The smallest absolute Gasteiger partial charge is 0.274 e. The van der Waals surface area contributed by atoms with E-state index in [1.54, 1.807) is 34.1 Å². The Labute approximate surface area is 165 Å². The normalized spacial score (nSPS) is 10.2. The number of rotatable bonds is 3. The van der Waals surface area contributed by atoms with Gasteiger partial charge in [-0.3, -0.25) is 9.36 Å².